The SMILES string of the molecule is CNC1CSSCC2c3cc(O)ccc3C34C(CCC35C(O)C1CC1C3CC6(C(O)C7(O)OC(C(=O)Oc8c(CO)[nH]c9ccc%10cc%11ccccc%11cc%10c89)C(OC15)C37O)C1(CCCC1)CCC61CCCC1)CC1CCC2C14. The second-order valence-corrected chi connectivity index (χ2v) is 30.4. The predicted octanol–water partition coefficient (Wildman–Crippen LogP) is 9.90. The molecule has 18 atom stereocenters. The molecule has 18 rings (SSSR count). The van der Waals surface area contributed by atoms with E-state index >= 15 is 4.79 Å². The summed E-state index contributed by atoms with van der Waals surface area (Å²) in [4.78, 5) is 19.4. The van der Waals surface area contributed by atoms with Gasteiger partial charge in [0.25, 0.3) is 0 Å². The zero-order chi connectivity index (χ0) is 53.4. The highest BCUT2D eigenvalue weighted by molar-refractivity contribution is 8.76. The number of H-pyrrole nitrogens is 1. The summed E-state index contributed by atoms with van der Waals surface area (Å²) in [5.41, 5.74) is -1.71. The molecule has 4 aromatic carbocycles. The fraction of sp³-hybridized carbons (Fsp3) is 0.646. The molecule has 3 saturated heterocycles. The summed E-state index contributed by atoms with van der Waals surface area (Å²) in [6.07, 6.45) is 9.44. The molecule has 1 aromatic heterocycles. The number of hydrogen-bond donors (Lipinski definition) is 8. The normalized spacial score (nSPS) is 44.1. The number of aliphatic hydroxyl groups is 5. The van der Waals surface area contributed by atoms with Crippen LogP contribution in [0.2, 0.25) is 0 Å². The van der Waals surface area contributed by atoms with Crippen molar-refractivity contribution in [1.29, 1.82) is 0 Å². The van der Waals surface area contributed by atoms with Gasteiger partial charge < -0.3 is 55.2 Å². The van der Waals surface area contributed by atoms with E-state index in [1.54, 1.807) is 0 Å². The fourth-order valence-electron chi connectivity index (χ4n) is 23.8. The second-order valence-electron chi connectivity index (χ2n) is 27.9. The quantitative estimate of drug-likeness (QED) is 0.0482. The van der Waals surface area contributed by atoms with Gasteiger partial charge in [0, 0.05) is 45.6 Å². The molecule has 5 aromatic rings. The highest BCUT2D eigenvalue weighted by Gasteiger charge is 2.89. The van der Waals surface area contributed by atoms with Gasteiger partial charge in [0.1, 0.15) is 18.0 Å². The Morgan fingerprint density at radius 1 is 0.810 bits per heavy atom. The van der Waals surface area contributed by atoms with Gasteiger partial charge in [0.05, 0.1) is 35.4 Å². The second kappa shape index (κ2) is 16.9. The Balaban J connectivity index is 0.896. The van der Waals surface area contributed by atoms with Crippen LogP contribution in [0.15, 0.2) is 66.7 Å². The Morgan fingerprint density at radius 2 is 1.56 bits per heavy atom. The Bertz CT molecular complexity index is 3350. The number of fused-ring (bicyclic) bond motifs is 12. The third kappa shape index (κ3) is 5.79. The van der Waals surface area contributed by atoms with Gasteiger partial charge in [0.15, 0.2) is 17.5 Å². The van der Waals surface area contributed by atoms with E-state index in [9.17, 15) is 30.6 Å². The first-order valence-corrected chi connectivity index (χ1v) is 33.0. The molecular weight excluding hydrogens is 1030 g/mol. The summed E-state index contributed by atoms with van der Waals surface area (Å²) in [7, 11) is 5.84. The number of benzene rings is 4. The van der Waals surface area contributed by atoms with Crippen molar-refractivity contribution in [3.8, 4) is 11.5 Å². The minimum atomic E-state index is -2.63. The van der Waals surface area contributed by atoms with Gasteiger partial charge in [0.2, 0.25) is 5.79 Å². The zero-order valence-electron chi connectivity index (χ0n) is 45.2. The van der Waals surface area contributed by atoms with Gasteiger partial charge in [-0.1, -0.05) is 83.7 Å². The van der Waals surface area contributed by atoms with E-state index < -0.39 is 76.6 Å². The van der Waals surface area contributed by atoms with Crippen molar-refractivity contribution in [3.63, 3.8) is 0 Å². The first kappa shape index (κ1) is 50.1. The smallest absolute Gasteiger partial charge is 0.343 e. The van der Waals surface area contributed by atoms with Crippen molar-refractivity contribution in [3.05, 3.63) is 83.6 Å². The van der Waals surface area contributed by atoms with Gasteiger partial charge in [-0.2, -0.15) is 0 Å². The predicted molar refractivity (Wildman–Crippen MR) is 303 cm³/mol. The number of esters is 1. The van der Waals surface area contributed by atoms with E-state index in [-0.39, 0.29) is 58.0 Å². The summed E-state index contributed by atoms with van der Waals surface area (Å²) in [6, 6.07) is 22.4. The van der Waals surface area contributed by atoms with Crippen molar-refractivity contribution in [2.75, 3.05) is 18.6 Å². The number of aromatic nitrogens is 1. The number of phenols is 1. The lowest BCUT2D eigenvalue weighted by molar-refractivity contribution is -0.409. The molecule has 9 aliphatic carbocycles. The fourth-order valence-corrected chi connectivity index (χ4v) is 26.6. The maximum Gasteiger partial charge on any atom is 0.343 e. The van der Waals surface area contributed by atoms with Crippen molar-refractivity contribution < 1.29 is 49.6 Å². The van der Waals surface area contributed by atoms with Crippen LogP contribution in [-0.4, -0.2) is 108 Å². The van der Waals surface area contributed by atoms with Crippen molar-refractivity contribution >= 4 is 60.0 Å². The number of aliphatic hydroxyl groups excluding tert-OH is 3. The molecule has 4 aliphatic heterocycles. The molecule has 5 spiro atoms. The van der Waals surface area contributed by atoms with E-state index in [0.29, 0.717) is 47.7 Å². The third-order valence-corrected chi connectivity index (χ3v) is 28.7. The largest absolute Gasteiger partial charge is 0.508 e. The molecule has 418 valence electrons. The maximum atomic E-state index is 16.0. The van der Waals surface area contributed by atoms with Gasteiger partial charge in [-0.05, 0) is 200 Å². The van der Waals surface area contributed by atoms with Crippen molar-refractivity contribution in [2.45, 2.75) is 175 Å². The van der Waals surface area contributed by atoms with Crippen LogP contribution in [0.4, 0.5) is 0 Å². The van der Waals surface area contributed by atoms with Crippen LogP contribution in [0.25, 0.3) is 32.4 Å². The van der Waals surface area contributed by atoms with Crippen LogP contribution in [0.5, 0.6) is 11.5 Å². The number of nitrogens with one attached hydrogen (secondary N) is 2. The number of aromatic amines is 1. The average molecular weight is 1110 g/mol. The van der Waals surface area contributed by atoms with E-state index in [1.165, 1.54) is 11.1 Å². The number of carbonyl (C=O) groups is 1. The summed E-state index contributed by atoms with van der Waals surface area (Å²) in [5, 5.41) is 88.0. The number of hydrogen-bond acceptors (Lipinski definition) is 13. The molecule has 8 saturated carbocycles. The minimum absolute atomic E-state index is 0.0775. The van der Waals surface area contributed by atoms with Crippen LogP contribution in [0, 0.1) is 63.1 Å². The Hall–Kier alpha value is -3.41. The lowest BCUT2D eigenvalue weighted by Crippen LogP contribution is -2.82. The monoisotopic (exact) mass is 1110 g/mol. The molecule has 8 N–H and O–H groups in total. The molecule has 4 bridgehead atoms. The molecule has 11 fully saturated rings. The molecular formula is C65H76N2O10S2. The van der Waals surface area contributed by atoms with Crippen molar-refractivity contribution in [1.82, 2.24) is 10.3 Å². The van der Waals surface area contributed by atoms with E-state index in [2.05, 4.69) is 40.6 Å². The van der Waals surface area contributed by atoms with Gasteiger partial charge in [-0.25, -0.2) is 4.79 Å². The standard InChI is InChI=1S/C65H76N2O10S2/c1-66-49-32-79-78-31-44-39-13-10-36-25-37-16-21-61(63(37,51(36)39)45-14-12-38(69)27-41(44)45)54(70)43(49)28-42-46-29-62(59(17-4-5-18-59)22-23-60(62)19-6-7-20-60)58(72)65(74)64(46,73)56(76-55(42)61)53(77-65)57(71)75-52-48(30-68)67-47-15-11-35-24-33-8-2-3-9-34(33)26-40(35)50(47)52/h2-3,8-9,11-12,14-15,24,26-27,36-37,39,42-44,46,49,51,53-56,58,66-70,72-74H,4-7,10,13,16-23,25,28-32H2,1H3. The lowest BCUT2D eigenvalue weighted by atomic mass is 9.37. The zero-order valence-corrected chi connectivity index (χ0v) is 46.8. The highest BCUT2D eigenvalue weighted by Crippen LogP contribution is 2.84. The molecule has 79 heavy (non-hydrogen) atoms. The average Bonchev–Trinajstić information content (AvgIpc) is 4.52. The van der Waals surface area contributed by atoms with Crippen LogP contribution in [-0.2, 0) is 26.3 Å². The highest BCUT2D eigenvalue weighted by atomic mass is 33.1. The summed E-state index contributed by atoms with van der Waals surface area (Å²) >= 11 is 0. The molecule has 18 unspecified atom stereocenters. The third-order valence-electron chi connectivity index (χ3n) is 26.2. The van der Waals surface area contributed by atoms with Gasteiger partial charge in [-0.3, -0.25) is 0 Å². The molecule has 14 heteroatoms. The van der Waals surface area contributed by atoms with E-state index in [0.717, 1.165) is 123 Å². The van der Waals surface area contributed by atoms with Crippen LogP contribution < -0.4 is 10.1 Å². The summed E-state index contributed by atoms with van der Waals surface area (Å²) in [5.74, 6) is -1.13. The topological polar surface area (TPSA) is 194 Å². The Kier molecular flexibility index (Phi) is 10.7. The molecule has 0 amide bonds. The number of rotatable bonds is 4. The summed E-state index contributed by atoms with van der Waals surface area (Å²) in [6.45, 7) is -0.457. The Morgan fingerprint density at radius 3 is 2.30 bits per heavy atom. The van der Waals surface area contributed by atoms with Crippen LogP contribution in [0.3, 0.4) is 0 Å². The van der Waals surface area contributed by atoms with Crippen LogP contribution in [0.1, 0.15) is 132 Å². The first-order valence-electron chi connectivity index (χ1n) is 30.5. The van der Waals surface area contributed by atoms with Crippen LogP contribution >= 0.6 is 21.6 Å². The molecule has 12 nitrogen and oxygen atoms in total. The minimum Gasteiger partial charge on any atom is -0.508 e. The number of ether oxygens (including phenoxy) is 3. The maximum absolute atomic E-state index is 16.0. The Labute approximate surface area is 469 Å². The molecule has 0 radical (unpaired) electrons. The van der Waals surface area contributed by atoms with Gasteiger partial charge >= 0.3 is 5.97 Å². The van der Waals surface area contributed by atoms with Gasteiger partial charge in [-0.15, -0.1) is 0 Å². The molecule has 13 aliphatic rings. The summed E-state index contributed by atoms with van der Waals surface area (Å²) < 4.78 is 21.8. The number of phenolic OH excluding ortho intramolecular Hbond substituents is 1. The van der Waals surface area contributed by atoms with Crippen molar-refractivity contribution in [2.24, 2.45) is 63.1 Å². The first-order chi connectivity index (χ1) is 38.3. The number of aromatic hydroxyl groups is 1. The molecule has 5 heterocycles. The van der Waals surface area contributed by atoms with E-state index in [4.69, 9.17) is 14.2 Å². The number of carbonyl (C=O) groups excluding carboxylic acids is 1. The lowest BCUT2D eigenvalue weighted by Gasteiger charge is -2.72. The van der Waals surface area contributed by atoms with E-state index in [1.807, 2.05) is 65.0 Å².